The van der Waals surface area contributed by atoms with E-state index in [9.17, 15) is 4.79 Å². The first-order valence-electron chi connectivity index (χ1n) is 7.61. The van der Waals surface area contributed by atoms with Gasteiger partial charge in [-0.05, 0) is 43.3 Å². The van der Waals surface area contributed by atoms with E-state index in [-0.39, 0.29) is 5.91 Å². The molecule has 0 bridgehead atoms. The number of fused-ring (bicyclic) bond motifs is 1. The normalized spacial score (nSPS) is 25.1. The predicted molar refractivity (Wildman–Crippen MR) is 78.8 cm³/mol. The molecule has 0 radical (unpaired) electrons. The number of likely N-dealkylation sites (tertiary alicyclic amines) is 1. The molecule has 1 aromatic heterocycles. The molecule has 1 aliphatic heterocycles. The zero-order valence-corrected chi connectivity index (χ0v) is 12.8. The Kier molecular flexibility index (Phi) is 3.92. The second-order valence-electron chi connectivity index (χ2n) is 6.03. The molecule has 1 saturated heterocycles. The molecule has 3 rings (SSSR count). The molecule has 2 fully saturated rings. The molecule has 6 heteroatoms. The summed E-state index contributed by atoms with van der Waals surface area (Å²) in [5.41, 5.74) is 0. The predicted octanol–water partition coefficient (Wildman–Crippen LogP) is 2.15. The number of nitrogens with zero attached hydrogens (tertiary/aromatic N) is 3. The summed E-state index contributed by atoms with van der Waals surface area (Å²) in [6, 6.07) is 0. The Morgan fingerprint density at radius 3 is 2.75 bits per heavy atom. The van der Waals surface area contributed by atoms with Crippen molar-refractivity contribution in [3.8, 4) is 0 Å². The van der Waals surface area contributed by atoms with E-state index < -0.39 is 0 Å². The quantitative estimate of drug-likeness (QED) is 0.866. The van der Waals surface area contributed by atoms with Crippen molar-refractivity contribution in [3.05, 3.63) is 10.6 Å². The molecule has 1 aliphatic carbocycles. The first-order valence-corrected chi connectivity index (χ1v) is 8.01. The molecule has 110 valence electrons. The van der Waals surface area contributed by atoms with Crippen LogP contribution in [0.3, 0.4) is 0 Å². The van der Waals surface area contributed by atoms with E-state index in [1.807, 2.05) is 9.47 Å². The Balaban J connectivity index is 1.67. The van der Waals surface area contributed by atoms with Crippen molar-refractivity contribution < 1.29 is 4.79 Å². The number of carbonyl (C=O) groups is 1. The fourth-order valence-electron chi connectivity index (χ4n) is 3.60. The van der Waals surface area contributed by atoms with Gasteiger partial charge in [-0.25, -0.2) is 0 Å². The van der Waals surface area contributed by atoms with E-state index in [0.717, 1.165) is 43.6 Å². The summed E-state index contributed by atoms with van der Waals surface area (Å²) < 4.78 is 2.41. The van der Waals surface area contributed by atoms with Gasteiger partial charge in [-0.1, -0.05) is 13.3 Å². The first kappa shape index (κ1) is 13.8. The summed E-state index contributed by atoms with van der Waals surface area (Å²) in [4.78, 5) is 14.5. The number of nitrogens with one attached hydrogen (secondary N) is 1. The number of amides is 1. The lowest BCUT2D eigenvalue weighted by molar-refractivity contribution is -0.131. The van der Waals surface area contributed by atoms with Crippen LogP contribution in [0.25, 0.3) is 0 Å². The van der Waals surface area contributed by atoms with Crippen molar-refractivity contribution in [1.82, 2.24) is 19.7 Å². The highest BCUT2D eigenvalue weighted by atomic mass is 32.1. The van der Waals surface area contributed by atoms with Gasteiger partial charge in [-0.2, -0.15) is 5.10 Å². The maximum absolute atomic E-state index is 12.5. The minimum absolute atomic E-state index is 0.189. The van der Waals surface area contributed by atoms with Crippen molar-refractivity contribution in [2.75, 3.05) is 13.1 Å². The van der Waals surface area contributed by atoms with Gasteiger partial charge in [0.15, 0.2) is 4.77 Å². The Morgan fingerprint density at radius 2 is 2.10 bits per heavy atom. The number of rotatable bonds is 4. The lowest BCUT2D eigenvalue weighted by atomic mass is 10.0. The summed E-state index contributed by atoms with van der Waals surface area (Å²) in [5, 5.41) is 7.02. The number of aromatic amines is 1. The number of carbonyl (C=O) groups excluding carboxylic acids is 1. The van der Waals surface area contributed by atoms with E-state index in [2.05, 4.69) is 17.1 Å². The van der Waals surface area contributed by atoms with Crippen LogP contribution < -0.4 is 0 Å². The fraction of sp³-hybridized carbons (Fsp3) is 0.786. The second kappa shape index (κ2) is 5.68. The van der Waals surface area contributed by atoms with Crippen LogP contribution in [-0.2, 0) is 17.8 Å². The Labute approximate surface area is 124 Å². The second-order valence-corrected chi connectivity index (χ2v) is 6.42. The van der Waals surface area contributed by atoms with E-state index in [4.69, 9.17) is 12.2 Å². The van der Waals surface area contributed by atoms with Crippen molar-refractivity contribution in [1.29, 1.82) is 0 Å². The summed E-state index contributed by atoms with van der Waals surface area (Å²) >= 11 is 5.23. The molecular weight excluding hydrogens is 272 g/mol. The lowest BCUT2D eigenvalue weighted by Crippen LogP contribution is -2.33. The Hall–Kier alpha value is -1.17. The van der Waals surface area contributed by atoms with Crippen LogP contribution in [0.1, 0.15) is 38.4 Å². The highest BCUT2D eigenvalue weighted by Crippen LogP contribution is 2.37. The monoisotopic (exact) mass is 294 g/mol. The van der Waals surface area contributed by atoms with Crippen LogP contribution in [0.15, 0.2) is 0 Å². The number of hydrogen-bond acceptors (Lipinski definition) is 3. The van der Waals surface area contributed by atoms with Crippen LogP contribution in [0.5, 0.6) is 0 Å². The number of hydrogen-bond donors (Lipinski definition) is 1. The molecule has 2 atom stereocenters. The van der Waals surface area contributed by atoms with Crippen molar-refractivity contribution >= 4 is 18.1 Å². The lowest BCUT2D eigenvalue weighted by Gasteiger charge is -2.18. The zero-order valence-electron chi connectivity index (χ0n) is 12.0. The van der Waals surface area contributed by atoms with E-state index in [0.29, 0.717) is 11.3 Å². The van der Waals surface area contributed by atoms with Crippen LogP contribution in [0, 0.1) is 16.6 Å². The van der Waals surface area contributed by atoms with Crippen molar-refractivity contribution in [2.24, 2.45) is 11.8 Å². The van der Waals surface area contributed by atoms with Gasteiger partial charge in [0.2, 0.25) is 5.91 Å². The fourth-order valence-corrected chi connectivity index (χ4v) is 3.82. The van der Waals surface area contributed by atoms with Crippen LogP contribution >= 0.6 is 12.2 Å². The maximum atomic E-state index is 12.5. The molecule has 5 nitrogen and oxygen atoms in total. The molecule has 2 heterocycles. The van der Waals surface area contributed by atoms with Gasteiger partial charge in [-0.15, -0.1) is 0 Å². The van der Waals surface area contributed by atoms with Gasteiger partial charge >= 0.3 is 0 Å². The zero-order chi connectivity index (χ0) is 14.1. The Bertz CT molecular complexity index is 538. The SMILES string of the molecule is CCCc1n[nH]c(=S)n1CC(=O)N1C[C@@H]2CCC[C@H]2C1. The van der Waals surface area contributed by atoms with Gasteiger partial charge in [0.25, 0.3) is 0 Å². The summed E-state index contributed by atoms with van der Waals surface area (Å²) in [6.07, 6.45) is 5.78. The molecule has 1 amide bonds. The molecule has 1 saturated carbocycles. The first-order chi connectivity index (χ1) is 9.69. The third-order valence-electron chi connectivity index (χ3n) is 4.68. The Morgan fingerprint density at radius 1 is 1.40 bits per heavy atom. The standard InChI is InChI=1S/C14H22N4OS/c1-2-4-12-15-16-14(20)18(12)9-13(19)17-7-10-5-3-6-11(10)8-17/h10-11H,2-9H2,1H3,(H,16,20)/t10-,11-/m0/s1. The molecule has 0 unspecified atom stereocenters. The van der Waals surface area contributed by atoms with Gasteiger partial charge < -0.3 is 4.90 Å². The minimum atomic E-state index is 0.189. The van der Waals surface area contributed by atoms with Gasteiger partial charge in [0.1, 0.15) is 12.4 Å². The number of aromatic nitrogens is 3. The highest BCUT2D eigenvalue weighted by Gasteiger charge is 2.37. The summed E-state index contributed by atoms with van der Waals surface area (Å²) in [7, 11) is 0. The van der Waals surface area contributed by atoms with E-state index >= 15 is 0 Å². The largest absolute Gasteiger partial charge is 0.341 e. The molecule has 20 heavy (non-hydrogen) atoms. The summed E-state index contributed by atoms with van der Waals surface area (Å²) in [5.74, 6) is 2.57. The maximum Gasteiger partial charge on any atom is 0.242 e. The number of H-pyrrole nitrogens is 1. The molecule has 2 aliphatic rings. The molecule has 1 N–H and O–H groups in total. The average molecular weight is 294 g/mol. The molecular formula is C14H22N4OS. The minimum Gasteiger partial charge on any atom is -0.341 e. The van der Waals surface area contributed by atoms with E-state index in [1.165, 1.54) is 19.3 Å². The highest BCUT2D eigenvalue weighted by molar-refractivity contribution is 7.71. The topological polar surface area (TPSA) is 53.9 Å². The number of aryl methyl sites for hydroxylation is 1. The van der Waals surface area contributed by atoms with Crippen molar-refractivity contribution in [2.45, 2.75) is 45.6 Å². The van der Waals surface area contributed by atoms with Gasteiger partial charge in [0, 0.05) is 19.5 Å². The van der Waals surface area contributed by atoms with Crippen molar-refractivity contribution in [3.63, 3.8) is 0 Å². The summed E-state index contributed by atoms with van der Waals surface area (Å²) in [6.45, 7) is 4.32. The third kappa shape index (κ3) is 2.53. The average Bonchev–Trinajstić information content (AvgIpc) is 3.08. The molecule has 1 aromatic rings. The van der Waals surface area contributed by atoms with Gasteiger partial charge in [0.05, 0.1) is 0 Å². The molecule has 0 spiro atoms. The smallest absolute Gasteiger partial charge is 0.242 e. The van der Waals surface area contributed by atoms with Gasteiger partial charge in [-0.3, -0.25) is 14.5 Å². The third-order valence-corrected chi connectivity index (χ3v) is 4.99. The van der Waals surface area contributed by atoms with Crippen LogP contribution in [0.2, 0.25) is 0 Å². The molecule has 0 aromatic carbocycles. The van der Waals surface area contributed by atoms with Crippen LogP contribution in [0.4, 0.5) is 0 Å². The van der Waals surface area contributed by atoms with Crippen LogP contribution in [-0.4, -0.2) is 38.7 Å². The van der Waals surface area contributed by atoms with E-state index in [1.54, 1.807) is 0 Å².